The fraction of sp³-hybridized carbons (Fsp3) is 0.706. The van der Waals surface area contributed by atoms with Gasteiger partial charge in [-0.15, -0.1) is 0 Å². The molecular weight excluding hydrogens is 260 g/mol. The summed E-state index contributed by atoms with van der Waals surface area (Å²) in [6.07, 6.45) is 3.68. The van der Waals surface area contributed by atoms with Crippen molar-refractivity contribution in [1.29, 1.82) is 0 Å². The van der Waals surface area contributed by atoms with Crippen molar-refractivity contribution in [3.8, 4) is 0 Å². The first-order chi connectivity index (χ1) is 10.2. The smallest absolute Gasteiger partial charge is 0.126 e. The molecule has 1 fully saturated rings. The molecule has 118 valence electrons. The van der Waals surface area contributed by atoms with E-state index in [0.717, 1.165) is 31.0 Å². The monoisotopic (exact) mass is 290 g/mol. The molecule has 2 heterocycles. The maximum atomic E-state index is 4.71. The summed E-state index contributed by atoms with van der Waals surface area (Å²) in [6.45, 7) is 10.0. The lowest BCUT2D eigenvalue weighted by molar-refractivity contribution is 0.126. The Morgan fingerprint density at radius 2 is 2.05 bits per heavy atom. The number of aromatic nitrogens is 1. The fourth-order valence-electron chi connectivity index (χ4n) is 2.98. The number of anilines is 1. The SMILES string of the molecule is CCCNc1cccc(CN(C)C2CCN(CC)CC2)n1. The summed E-state index contributed by atoms with van der Waals surface area (Å²) in [6, 6.07) is 6.99. The molecule has 0 aliphatic carbocycles. The minimum absolute atomic E-state index is 0.696. The Labute approximate surface area is 129 Å². The van der Waals surface area contributed by atoms with E-state index in [-0.39, 0.29) is 0 Å². The first-order valence-corrected chi connectivity index (χ1v) is 8.35. The van der Waals surface area contributed by atoms with Crippen molar-refractivity contribution in [3.05, 3.63) is 23.9 Å². The van der Waals surface area contributed by atoms with Crippen LogP contribution in [-0.4, -0.2) is 54.1 Å². The number of likely N-dealkylation sites (tertiary alicyclic amines) is 1. The van der Waals surface area contributed by atoms with Crippen molar-refractivity contribution >= 4 is 5.82 Å². The molecule has 1 N–H and O–H groups in total. The highest BCUT2D eigenvalue weighted by Gasteiger charge is 2.21. The van der Waals surface area contributed by atoms with Gasteiger partial charge in [0.2, 0.25) is 0 Å². The molecule has 0 saturated carbocycles. The minimum atomic E-state index is 0.696. The molecule has 0 amide bonds. The number of hydrogen-bond acceptors (Lipinski definition) is 4. The Morgan fingerprint density at radius 1 is 1.29 bits per heavy atom. The van der Waals surface area contributed by atoms with Gasteiger partial charge >= 0.3 is 0 Å². The third kappa shape index (κ3) is 4.97. The number of rotatable bonds is 7. The molecule has 1 aliphatic heterocycles. The third-order valence-corrected chi connectivity index (χ3v) is 4.40. The van der Waals surface area contributed by atoms with Crippen LogP contribution in [0.1, 0.15) is 38.8 Å². The van der Waals surface area contributed by atoms with Crippen LogP contribution in [0.5, 0.6) is 0 Å². The van der Waals surface area contributed by atoms with Crippen molar-refractivity contribution in [2.24, 2.45) is 0 Å². The average molecular weight is 290 g/mol. The second-order valence-electron chi connectivity index (χ2n) is 6.02. The summed E-state index contributed by atoms with van der Waals surface area (Å²) < 4.78 is 0. The van der Waals surface area contributed by atoms with Gasteiger partial charge in [-0.25, -0.2) is 4.98 Å². The van der Waals surface area contributed by atoms with Gasteiger partial charge in [0.25, 0.3) is 0 Å². The van der Waals surface area contributed by atoms with Gasteiger partial charge in [-0.3, -0.25) is 4.90 Å². The van der Waals surface area contributed by atoms with E-state index in [1.807, 2.05) is 0 Å². The molecule has 1 aliphatic rings. The summed E-state index contributed by atoms with van der Waals surface area (Å²) in [7, 11) is 2.24. The van der Waals surface area contributed by atoms with Crippen LogP contribution in [-0.2, 0) is 6.54 Å². The van der Waals surface area contributed by atoms with E-state index in [9.17, 15) is 0 Å². The standard InChI is InChI=1S/C17H30N4/c1-4-11-18-17-8-6-7-15(19-17)14-20(3)16-9-12-21(5-2)13-10-16/h6-8,16H,4-5,9-14H2,1-3H3,(H,18,19). The lowest BCUT2D eigenvalue weighted by Crippen LogP contribution is -2.43. The Kier molecular flexibility index (Phi) is 6.46. The second kappa shape index (κ2) is 8.35. The van der Waals surface area contributed by atoms with Gasteiger partial charge in [0.1, 0.15) is 5.82 Å². The van der Waals surface area contributed by atoms with Crippen LogP contribution in [0, 0.1) is 0 Å². The molecule has 21 heavy (non-hydrogen) atoms. The maximum absolute atomic E-state index is 4.71. The van der Waals surface area contributed by atoms with Crippen LogP contribution < -0.4 is 5.32 Å². The third-order valence-electron chi connectivity index (χ3n) is 4.40. The molecule has 0 unspecified atom stereocenters. The zero-order valence-electron chi connectivity index (χ0n) is 13.8. The predicted molar refractivity (Wildman–Crippen MR) is 89.6 cm³/mol. The van der Waals surface area contributed by atoms with Gasteiger partial charge in [0.05, 0.1) is 5.69 Å². The van der Waals surface area contributed by atoms with E-state index in [0.29, 0.717) is 6.04 Å². The Balaban J connectivity index is 1.86. The van der Waals surface area contributed by atoms with Crippen molar-refractivity contribution in [2.45, 2.75) is 45.7 Å². The van der Waals surface area contributed by atoms with Crippen molar-refractivity contribution in [3.63, 3.8) is 0 Å². The first kappa shape index (κ1) is 16.2. The highest BCUT2D eigenvalue weighted by Crippen LogP contribution is 2.17. The molecule has 0 bridgehead atoms. The van der Waals surface area contributed by atoms with Gasteiger partial charge in [-0.1, -0.05) is 19.9 Å². The van der Waals surface area contributed by atoms with Crippen LogP contribution >= 0.6 is 0 Å². The minimum Gasteiger partial charge on any atom is -0.370 e. The molecule has 4 nitrogen and oxygen atoms in total. The Bertz CT molecular complexity index is 413. The lowest BCUT2D eigenvalue weighted by atomic mass is 10.0. The lowest BCUT2D eigenvalue weighted by Gasteiger charge is -2.36. The van der Waals surface area contributed by atoms with Gasteiger partial charge in [0, 0.05) is 19.1 Å². The van der Waals surface area contributed by atoms with E-state index in [1.165, 1.54) is 32.5 Å². The first-order valence-electron chi connectivity index (χ1n) is 8.35. The van der Waals surface area contributed by atoms with Crippen molar-refractivity contribution < 1.29 is 0 Å². The molecule has 0 spiro atoms. The highest BCUT2D eigenvalue weighted by atomic mass is 15.2. The van der Waals surface area contributed by atoms with Gasteiger partial charge < -0.3 is 10.2 Å². The number of piperidine rings is 1. The summed E-state index contributed by atoms with van der Waals surface area (Å²) in [5, 5.41) is 3.36. The predicted octanol–water partition coefficient (Wildman–Crippen LogP) is 2.82. The average Bonchev–Trinajstić information content (AvgIpc) is 2.53. The van der Waals surface area contributed by atoms with E-state index >= 15 is 0 Å². The van der Waals surface area contributed by atoms with Crippen LogP contribution in [0.15, 0.2) is 18.2 Å². The summed E-state index contributed by atoms with van der Waals surface area (Å²) in [5.74, 6) is 1.00. The molecule has 1 aromatic rings. The quantitative estimate of drug-likeness (QED) is 0.837. The highest BCUT2D eigenvalue weighted by molar-refractivity contribution is 5.35. The van der Waals surface area contributed by atoms with Crippen LogP contribution in [0.3, 0.4) is 0 Å². The van der Waals surface area contributed by atoms with Crippen LogP contribution in [0.2, 0.25) is 0 Å². The molecule has 4 heteroatoms. The Hall–Kier alpha value is -1.13. The summed E-state index contributed by atoms with van der Waals surface area (Å²) in [4.78, 5) is 9.72. The van der Waals surface area contributed by atoms with Crippen LogP contribution in [0.4, 0.5) is 5.82 Å². The molecule has 2 rings (SSSR count). The molecule has 0 atom stereocenters. The van der Waals surface area contributed by atoms with E-state index in [4.69, 9.17) is 4.98 Å². The largest absolute Gasteiger partial charge is 0.370 e. The summed E-state index contributed by atoms with van der Waals surface area (Å²) in [5.41, 5.74) is 1.16. The molecule has 0 radical (unpaired) electrons. The van der Waals surface area contributed by atoms with Gasteiger partial charge in [0.15, 0.2) is 0 Å². The zero-order valence-corrected chi connectivity index (χ0v) is 13.8. The van der Waals surface area contributed by atoms with Crippen molar-refractivity contribution in [1.82, 2.24) is 14.8 Å². The topological polar surface area (TPSA) is 31.4 Å². The molecule has 1 saturated heterocycles. The van der Waals surface area contributed by atoms with E-state index in [2.05, 4.69) is 54.2 Å². The second-order valence-corrected chi connectivity index (χ2v) is 6.02. The molecular formula is C17H30N4. The van der Waals surface area contributed by atoms with Crippen LogP contribution in [0.25, 0.3) is 0 Å². The summed E-state index contributed by atoms with van der Waals surface area (Å²) >= 11 is 0. The number of hydrogen-bond donors (Lipinski definition) is 1. The normalized spacial score (nSPS) is 17.3. The van der Waals surface area contributed by atoms with E-state index in [1.54, 1.807) is 0 Å². The molecule has 1 aromatic heterocycles. The molecule has 0 aromatic carbocycles. The Morgan fingerprint density at radius 3 is 2.71 bits per heavy atom. The van der Waals surface area contributed by atoms with Gasteiger partial charge in [-0.05, 0) is 58.1 Å². The maximum Gasteiger partial charge on any atom is 0.126 e. The number of nitrogens with zero attached hydrogens (tertiary/aromatic N) is 3. The van der Waals surface area contributed by atoms with E-state index < -0.39 is 0 Å². The number of pyridine rings is 1. The number of nitrogens with one attached hydrogen (secondary N) is 1. The van der Waals surface area contributed by atoms with Crippen molar-refractivity contribution in [2.75, 3.05) is 38.5 Å². The fourth-order valence-corrected chi connectivity index (χ4v) is 2.98. The zero-order chi connectivity index (χ0) is 15.1. The van der Waals surface area contributed by atoms with Gasteiger partial charge in [-0.2, -0.15) is 0 Å².